The number of hydrogen-bond acceptors (Lipinski definition) is 5. The van der Waals surface area contributed by atoms with E-state index in [0.717, 1.165) is 24.7 Å². The number of aldehydes is 1. The Labute approximate surface area is 92.2 Å². The Balaban J connectivity index is 2.06. The molecule has 1 aliphatic heterocycles. The Morgan fingerprint density at radius 2 is 2.53 bits per heavy atom. The molecule has 1 aliphatic rings. The average Bonchev–Trinajstić information content (AvgIpc) is 2.78. The summed E-state index contributed by atoms with van der Waals surface area (Å²) in [7, 11) is 0. The first-order valence-corrected chi connectivity index (χ1v) is 5.91. The summed E-state index contributed by atoms with van der Waals surface area (Å²) in [4.78, 5) is 12.5. The second kappa shape index (κ2) is 4.72. The lowest BCUT2D eigenvalue weighted by Crippen LogP contribution is -2.39. The fourth-order valence-corrected chi connectivity index (χ4v) is 2.66. The lowest BCUT2D eigenvalue weighted by atomic mass is 10.3. The van der Waals surface area contributed by atoms with Crippen LogP contribution in [0.15, 0.2) is 16.5 Å². The van der Waals surface area contributed by atoms with Gasteiger partial charge in [0.25, 0.3) is 0 Å². The van der Waals surface area contributed by atoms with Crippen molar-refractivity contribution in [2.45, 2.75) is 5.25 Å². The molecule has 0 radical (unpaired) electrons. The van der Waals surface area contributed by atoms with E-state index in [2.05, 4.69) is 4.90 Å². The highest BCUT2D eigenvalue weighted by Crippen LogP contribution is 2.25. The van der Waals surface area contributed by atoms with E-state index in [9.17, 15) is 4.79 Å². The van der Waals surface area contributed by atoms with Gasteiger partial charge in [-0.05, 0) is 6.07 Å². The number of furan rings is 1. The summed E-state index contributed by atoms with van der Waals surface area (Å²) >= 11 is 1.77. The fraction of sp³-hybridized carbons (Fsp3) is 0.500. The average molecular weight is 227 g/mol. The largest absolute Gasteiger partial charge is 0.438 e. The third kappa shape index (κ3) is 2.35. The van der Waals surface area contributed by atoms with Crippen molar-refractivity contribution in [2.75, 3.05) is 30.3 Å². The van der Waals surface area contributed by atoms with Crippen LogP contribution < -0.4 is 4.90 Å². The number of nitrogens with zero attached hydrogens (tertiary/aromatic N) is 1. The van der Waals surface area contributed by atoms with Crippen LogP contribution in [0.4, 0.5) is 5.88 Å². The smallest absolute Gasteiger partial charge is 0.196 e. The van der Waals surface area contributed by atoms with E-state index in [1.807, 2.05) is 0 Å². The van der Waals surface area contributed by atoms with Crippen molar-refractivity contribution in [3.05, 3.63) is 17.9 Å². The van der Waals surface area contributed by atoms with E-state index in [1.165, 1.54) is 0 Å². The molecule has 1 unspecified atom stereocenters. The van der Waals surface area contributed by atoms with E-state index in [1.54, 1.807) is 23.9 Å². The molecule has 15 heavy (non-hydrogen) atoms. The predicted octanol–water partition coefficient (Wildman–Crippen LogP) is 1.01. The second-order valence-electron chi connectivity index (χ2n) is 3.42. The maximum Gasteiger partial charge on any atom is 0.196 e. The summed E-state index contributed by atoms with van der Waals surface area (Å²) in [5.41, 5.74) is 0. The fourth-order valence-electron chi connectivity index (χ4n) is 1.61. The molecule has 5 heteroatoms. The molecule has 1 aromatic heterocycles. The Hall–Kier alpha value is -0.940. The van der Waals surface area contributed by atoms with Crippen LogP contribution in [-0.4, -0.2) is 42.1 Å². The summed E-state index contributed by atoms with van der Waals surface area (Å²) in [6.45, 7) is 1.85. The number of carbonyl (C=O) groups is 1. The van der Waals surface area contributed by atoms with Crippen LogP contribution in [0.1, 0.15) is 10.6 Å². The van der Waals surface area contributed by atoms with E-state index in [0.29, 0.717) is 12.0 Å². The van der Waals surface area contributed by atoms with Gasteiger partial charge in [-0.2, -0.15) is 11.8 Å². The van der Waals surface area contributed by atoms with Gasteiger partial charge in [0.1, 0.15) is 0 Å². The topological polar surface area (TPSA) is 53.7 Å². The zero-order valence-corrected chi connectivity index (χ0v) is 9.07. The molecule has 1 fully saturated rings. The summed E-state index contributed by atoms with van der Waals surface area (Å²) in [5, 5.41) is 9.31. The predicted molar refractivity (Wildman–Crippen MR) is 59.6 cm³/mol. The highest BCUT2D eigenvalue weighted by atomic mass is 32.2. The lowest BCUT2D eigenvalue weighted by Gasteiger charge is -2.31. The molecule has 82 valence electrons. The summed E-state index contributed by atoms with van der Waals surface area (Å²) in [5.74, 6) is 2.04. The number of rotatable bonds is 3. The van der Waals surface area contributed by atoms with Crippen molar-refractivity contribution >= 4 is 23.9 Å². The van der Waals surface area contributed by atoms with Gasteiger partial charge >= 0.3 is 0 Å². The normalized spacial score (nSPS) is 21.7. The molecule has 0 amide bonds. The molecule has 0 spiro atoms. The maximum absolute atomic E-state index is 10.5. The molecule has 2 rings (SSSR count). The van der Waals surface area contributed by atoms with Gasteiger partial charge in [0.15, 0.2) is 17.9 Å². The Kier molecular flexibility index (Phi) is 3.33. The molecule has 1 atom stereocenters. The summed E-state index contributed by atoms with van der Waals surface area (Å²) < 4.78 is 5.33. The van der Waals surface area contributed by atoms with E-state index >= 15 is 0 Å². The Morgan fingerprint density at radius 1 is 1.67 bits per heavy atom. The maximum atomic E-state index is 10.5. The zero-order valence-electron chi connectivity index (χ0n) is 8.26. The van der Waals surface area contributed by atoms with Crippen LogP contribution in [-0.2, 0) is 0 Å². The van der Waals surface area contributed by atoms with Gasteiger partial charge in [-0.15, -0.1) is 0 Å². The minimum Gasteiger partial charge on any atom is -0.438 e. The summed E-state index contributed by atoms with van der Waals surface area (Å²) in [6, 6.07) is 3.46. The van der Waals surface area contributed by atoms with Crippen LogP contribution in [0.5, 0.6) is 0 Å². The van der Waals surface area contributed by atoms with Crippen LogP contribution >= 0.6 is 11.8 Å². The molecule has 2 heterocycles. The highest BCUT2D eigenvalue weighted by molar-refractivity contribution is 8.00. The van der Waals surface area contributed by atoms with Gasteiger partial charge in [-0.25, -0.2) is 0 Å². The molecule has 1 aromatic rings. The minimum atomic E-state index is 0.183. The van der Waals surface area contributed by atoms with E-state index in [-0.39, 0.29) is 11.9 Å². The first-order valence-electron chi connectivity index (χ1n) is 4.86. The van der Waals surface area contributed by atoms with Gasteiger partial charge in [0.2, 0.25) is 0 Å². The van der Waals surface area contributed by atoms with Crippen molar-refractivity contribution in [1.29, 1.82) is 0 Å². The third-order valence-corrected chi connectivity index (χ3v) is 3.57. The van der Waals surface area contributed by atoms with Crippen molar-refractivity contribution in [2.24, 2.45) is 0 Å². The second-order valence-corrected chi connectivity index (χ2v) is 4.82. The quantitative estimate of drug-likeness (QED) is 0.781. The van der Waals surface area contributed by atoms with Crippen molar-refractivity contribution < 1.29 is 14.3 Å². The molecule has 1 N–H and O–H groups in total. The molecule has 0 aliphatic carbocycles. The molecule has 1 saturated heterocycles. The van der Waals surface area contributed by atoms with Crippen molar-refractivity contribution in [3.63, 3.8) is 0 Å². The third-order valence-electron chi connectivity index (χ3n) is 2.38. The molecule has 0 saturated carbocycles. The minimum absolute atomic E-state index is 0.183. The van der Waals surface area contributed by atoms with Crippen molar-refractivity contribution in [3.8, 4) is 0 Å². The first-order chi connectivity index (χ1) is 7.33. The molecular weight excluding hydrogens is 214 g/mol. The standard InChI is InChI=1S/C10H13NO3S/c12-6-8-1-2-10(14-8)11-3-4-15-9(5-11)7-13/h1-2,6,9,13H,3-5,7H2. The number of anilines is 1. The van der Waals surface area contributed by atoms with Gasteiger partial charge in [-0.1, -0.05) is 0 Å². The lowest BCUT2D eigenvalue weighted by molar-refractivity contribution is 0.110. The first kappa shape index (κ1) is 10.6. The number of carbonyl (C=O) groups excluding carboxylic acids is 1. The monoisotopic (exact) mass is 227 g/mol. The van der Waals surface area contributed by atoms with Gasteiger partial charge in [0.05, 0.1) is 6.61 Å². The highest BCUT2D eigenvalue weighted by Gasteiger charge is 2.21. The molecule has 0 aromatic carbocycles. The van der Waals surface area contributed by atoms with Gasteiger partial charge < -0.3 is 14.4 Å². The van der Waals surface area contributed by atoms with Gasteiger partial charge in [-0.3, -0.25) is 4.79 Å². The van der Waals surface area contributed by atoms with Crippen LogP contribution in [0.25, 0.3) is 0 Å². The summed E-state index contributed by atoms with van der Waals surface area (Å²) in [6.07, 6.45) is 0.700. The van der Waals surface area contributed by atoms with E-state index < -0.39 is 0 Å². The molecule has 4 nitrogen and oxygen atoms in total. The number of thioether (sulfide) groups is 1. The van der Waals surface area contributed by atoms with Crippen LogP contribution in [0.2, 0.25) is 0 Å². The van der Waals surface area contributed by atoms with Gasteiger partial charge in [0, 0.05) is 30.2 Å². The van der Waals surface area contributed by atoms with Crippen molar-refractivity contribution in [1.82, 2.24) is 0 Å². The number of aliphatic hydroxyl groups excluding tert-OH is 1. The van der Waals surface area contributed by atoms with Crippen LogP contribution in [0.3, 0.4) is 0 Å². The Bertz CT molecular complexity index is 339. The van der Waals surface area contributed by atoms with E-state index in [4.69, 9.17) is 9.52 Å². The number of aliphatic hydroxyl groups is 1. The molecular formula is C10H13NO3S. The Morgan fingerprint density at radius 3 is 3.20 bits per heavy atom. The SMILES string of the molecule is O=Cc1ccc(N2CCSC(CO)C2)o1. The number of hydrogen-bond donors (Lipinski definition) is 1. The zero-order chi connectivity index (χ0) is 10.7. The van der Waals surface area contributed by atoms with Crippen LogP contribution in [0, 0.1) is 0 Å². The molecule has 0 bridgehead atoms.